The fourth-order valence-electron chi connectivity index (χ4n) is 1.87. The Kier molecular flexibility index (Phi) is 7.94. The lowest BCUT2D eigenvalue weighted by Crippen LogP contribution is -2.32. The first-order valence-electron chi connectivity index (χ1n) is 7.44. The lowest BCUT2D eigenvalue weighted by Gasteiger charge is -2.10. The number of ether oxygens (including phenoxy) is 1. The average molecular weight is 486 g/mol. The Balaban J connectivity index is 1.86. The molecule has 0 saturated carbocycles. The number of hydrogen-bond acceptors (Lipinski definition) is 5. The Hall–Kier alpha value is -1.55. The molecular weight excluding hydrogens is 474 g/mol. The van der Waals surface area contributed by atoms with Gasteiger partial charge >= 0.3 is 5.97 Å². The van der Waals surface area contributed by atoms with Crippen molar-refractivity contribution >= 4 is 74.0 Å². The molecular formula is C16H12Cl4N2O5S. The lowest BCUT2D eigenvalue weighted by molar-refractivity contribution is -0.146. The molecule has 7 nitrogen and oxygen atoms in total. The number of nitrogens with one attached hydrogen (secondary N) is 2. The highest BCUT2D eigenvalue weighted by Gasteiger charge is 2.18. The van der Waals surface area contributed by atoms with E-state index in [1.165, 1.54) is 24.3 Å². The first-order chi connectivity index (χ1) is 13.1. The van der Waals surface area contributed by atoms with Crippen molar-refractivity contribution in [1.82, 2.24) is 4.72 Å². The van der Waals surface area contributed by atoms with Crippen LogP contribution >= 0.6 is 46.4 Å². The molecule has 0 aromatic heterocycles. The fourth-order valence-corrected chi connectivity index (χ4v) is 3.72. The topological polar surface area (TPSA) is 102 Å². The van der Waals surface area contributed by atoms with Gasteiger partial charge in [-0.1, -0.05) is 52.5 Å². The van der Waals surface area contributed by atoms with Crippen LogP contribution in [0.1, 0.15) is 0 Å². The van der Waals surface area contributed by atoms with Gasteiger partial charge in [0, 0.05) is 0 Å². The number of para-hydroxylation sites is 1. The third-order valence-corrected chi connectivity index (χ3v) is 5.97. The molecule has 2 aromatic rings. The van der Waals surface area contributed by atoms with Gasteiger partial charge < -0.3 is 10.1 Å². The van der Waals surface area contributed by atoms with Gasteiger partial charge in [0.15, 0.2) is 6.61 Å². The summed E-state index contributed by atoms with van der Waals surface area (Å²) in [5.41, 5.74) is 0.173. The largest absolute Gasteiger partial charge is 0.455 e. The number of carbonyl (C=O) groups is 2. The Morgan fingerprint density at radius 1 is 0.929 bits per heavy atom. The SMILES string of the molecule is O=C(COC(=O)CNS(=O)(=O)c1ccc(Cl)c(Cl)c1)Nc1c(Cl)cccc1Cl. The van der Waals surface area contributed by atoms with E-state index >= 15 is 0 Å². The Bertz CT molecular complexity index is 994. The van der Waals surface area contributed by atoms with Gasteiger partial charge in [-0.25, -0.2) is 8.42 Å². The molecule has 0 fully saturated rings. The first kappa shape index (κ1) is 22.7. The molecule has 0 unspecified atom stereocenters. The van der Waals surface area contributed by atoms with Crippen LogP contribution < -0.4 is 10.0 Å². The number of anilines is 1. The third-order valence-electron chi connectivity index (χ3n) is 3.20. The van der Waals surface area contributed by atoms with E-state index in [4.69, 9.17) is 51.1 Å². The van der Waals surface area contributed by atoms with E-state index in [0.29, 0.717) is 0 Å². The predicted octanol–water partition coefficient (Wildman–Crippen LogP) is 3.76. The van der Waals surface area contributed by atoms with Crippen LogP contribution in [0.5, 0.6) is 0 Å². The zero-order chi connectivity index (χ0) is 20.9. The molecule has 0 atom stereocenters. The molecule has 1 amide bonds. The molecule has 0 aliphatic heterocycles. The summed E-state index contributed by atoms with van der Waals surface area (Å²) >= 11 is 23.3. The van der Waals surface area contributed by atoms with Crippen LogP contribution in [-0.4, -0.2) is 33.4 Å². The molecule has 0 aliphatic rings. The van der Waals surface area contributed by atoms with Crippen LogP contribution in [0, 0.1) is 0 Å². The van der Waals surface area contributed by atoms with Gasteiger partial charge in [0.2, 0.25) is 10.0 Å². The van der Waals surface area contributed by atoms with Crippen LogP contribution in [0.3, 0.4) is 0 Å². The zero-order valence-electron chi connectivity index (χ0n) is 13.8. The van der Waals surface area contributed by atoms with Crippen molar-refractivity contribution in [3.8, 4) is 0 Å². The van der Waals surface area contributed by atoms with Crippen LogP contribution in [-0.2, 0) is 24.3 Å². The predicted molar refractivity (Wildman–Crippen MR) is 108 cm³/mol. The molecule has 0 saturated heterocycles. The molecule has 2 aromatic carbocycles. The first-order valence-corrected chi connectivity index (χ1v) is 10.4. The van der Waals surface area contributed by atoms with Crippen molar-refractivity contribution in [3.05, 3.63) is 56.5 Å². The highest BCUT2D eigenvalue weighted by atomic mass is 35.5. The maximum Gasteiger partial charge on any atom is 0.321 e. The molecule has 2 N–H and O–H groups in total. The molecule has 28 heavy (non-hydrogen) atoms. The lowest BCUT2D eigenvalue weighted by atomic mass is 10.3. The smallest absolute Gasteiger partial charge is 0.321 e. The number of halogens is 4. The summed E-state index contributed by atoms with van der Waals surface area (Å²) in [5.74, 6) is -1.67. The zero-order valence-corrected chi connectivity index (χ0v) is 17.7. The minimum absolute atomic E-state index is 0.0435. The van der Waals surface area contributed by atoms with Crippen molar-refractivity contribution in [2.75, 3.05) is 18.5 Å². The summed E-state index contributed by atoms with van der Waals surface area (Å²) in [5, 5.41) is 3.05. The molecule has 150 valence electrons. The number of hydrogen-bond donors (Lipinski definition) is 2. The quantitative estimate of drug-likeness (QED) is 0.581. The minimum atomic E-state index is -4.02. The maximum atomic E-state index is 12.1. The van der Waals surface area contributed by atoms with Crippen LogP contribution in [0.15, 0.2) is 41.3 Å². The van der Waals surface area contributed by atoms with E-state index < -0.39 is 35.1 Å². The number of sulfonamides is 1. The van der Waals surface area contributed by atoms with E-state index in [0.717, 1.165) is 6.07 Å². The fraction of sp³-hybridized carbons (Fsp3) is 0.125. The third kappa shape index (κ3) is 6.23. The molecule has 0 heterocycles. The van der Waals surface area contributed by atoms with Gasteiger partial charge in [0.25, 0.3) is 5.91 Å². The number of rotatable bonds is 7. The molecule has 0 spiro atoms. The number of esters is 1. The molecule has 0 bridgehead atoms. The highest BCUT2D eigenvalue weighted by Crippen LogP contribution is 2.29. The molecule has 0 radical (unpaired) electrons. The Labute approximate surface area is 180 Å². The molecule has 12 heteroatoms. The Morgan fingerprint density at radius 2 is 1.57 bits per heavy atom. The van der Waals surface area contributed by atoms with E-state index in [1.807, 2.05) is 4.72 Å². The summed E-state index contributed by atoms with van der Waals surface area (Å²) < 4.78 is 31.0. The van der Waals surface area contributed by atoms with Gasteiger partial charge in [-0.15, -0.1) is 0 Å². The van der Waals surface area contributed by atoms with Crippen molar-refractivity contribution in [3.63, 3.8) is 0 Å². The number of benzene rings is 2. The van der Waals surface area contributed by atoms with Crippen LogP contribution in [0.25, 0.3) is 0 Å². The monoisotopic (exact) mass is 484 g/mol. The number of carbonyl (C=O) groups excluding carboxylic acids is 2. The van der Waals surface area contributed by atoms with Gasteiger partial charge in [-0.3, -0.25) is 9.59 Å². The van der Waals surface area contributed by atoms with Gasteiger partial charge in [0.05, 0.1) is 30.7 Å². The van der Waals surface area contributed by atoms with E-state index in [1.54, 1.807) is 6.07 Å². The van der Waals surface area contributed by atoms with Crippen molar-refractivity contribution in [2.24, 2.45) is 0 Å². The van der Waals surface area contributed by atoms with Crippen molar-refractivity contribution in [2.45, 2.75) is 4.90 Å². The van der Waals surface area contributed by atoms with Crippen LogP contribution in [0.2, 0.25) is 20.1 Å². The second-order valence-corrected chi connectivity index (χ2v) is 8.60. The summed E-state index contributed by atoms with van der Waals surface area (Å²) in [4.78, 5) is 23.4. The van der Waals surface area contributed by atoms with Crippen molar-refractivity contribution < 1.29 is 22.7 Å². The van der Waals surface area contributed by atoms with Gasteiger partial charge in [-0.2, -0.15) is 4.72 Å². The van der Waals surface area contributed by atoms with E-state index in [9.17, 15) is 18.0 Å². The van der Waals surface area contributed by atoms with Crippen molar-refractivity contribution in [1.29, 1.82) is 0 Å². The standard InChI is InChI=1S/C16H12Cl4N2O5S/c17-10-5-4-9(6-13(10)20)28(25,26)21-7-15(24)27-8-14(23)22-16-11(18)2-1-3-12(16)19/h1-6,21H,7-8H2,(H,22,23). The van der Waals surface area contributed by atoms with Crippen LogP contribution in [0.4, 0.5) is 5.69 Å². The summed E-state index contributed by atoms with van der Waals surface area (Å²) in [6.45, 7) is -1.35. The normalized spacial score (nSPS) is 11.1. The molecule has 2 rings (SSSR count). The Morgan fingerprint density at radius 3 is 2.18 bits per heavy atom. The summed E-state index contributed by atoms with van der Waals surface area (Å²) in [6.07, 6.45) is 0. The van der Waals surface area contributed by atoms with E-state index in [-0.39, 0.29) is 30.7 Å². The number of amides is 1. The average Bonchev–Trinajstić information content (AvgIpc) is 2.63. The molecule has 0 aliphatic carbocycles. The second-order valence-electron chi connectivity index (χ2n) is 5.21. The summed E-state index contributed by atoms with van der Waals surface area (Å²) in [6, 6.07) is 8.31. The summed E-state index contributed by atoms with van der Waals surface area (Å²) in [7, 11) is -4.02. The second kappa shape index (κ2) is 9.78. The van der Waals surface area contributed by atoms with E-state index in [2.05, 4.69) is 5.32 Å². The van der Waals surface area contributed by atoms with Gasteiger partial charge in [0.1, 0.15) is 6.54 Å². The highest BCUT2D eigenvalue weighted by molar-refractivity contribution is 7.89. The maximum absolute atomic E-state index is 12.1. The minimum Gasteiger partial charge on any atom is -0.455 e. The van der Waals surface area contributed by atoms with Gasteiger partial charge in [-0.05, 0) is 30.3 Å².